The van der Waals surface area contributed by atoms with Crippen molar-refractivity contribution in [2.75, 3.05) is 0 Å². The number of ether oxygens (including phenoxy) is 1. The van der Waals surface area contributed by atoms with Crippen LogP contribution in [0.25, 0.3) is 0 Å². The second-order valence-electron chi connectivity index (χ2n) is 5.96. The molecular formula is C17H28O. The zero-order valence-corrected chi connectivity index (χ0v) is 11.8. The van der Waals surface area contributed by atoms with Crippen molar-refractivity contribution in [1.29, 1.82) is 0 Å². The van der Waals surface area contributed by atoms with Crippen LogP contribution in [0.2, 0.25) is 0 Å². The maximum Gasteiger partial charge on any atom is 0.0760 e. The van der Waals surface area contributed by atoms with Gasteiger partial charge in [-0.1, -0.05) is 31.6 Å². The summed E-state index contributed by atoms with van der Waals surface area (Å²) in [6.07, 6.45) is 18.1. The van der Waals surface area contributed by atoms with Crippen LogP contribution in [0.5, 0.6) is 0 Å². The van der Waals surface area contributed by atoms with Crippen LogP contribution < -0.4 is 0 Å². The Labute approximate surface area is 112 Å². The third-order valence-electron chi connectivity index (χ3n) is 4.50. The first-order valence-corrected chi connectivity index (χ1v) is 7.78. The Hall–Kier alpha value is -0.560. The quantitative estimate of drug-likeness (QED) is 0.630. The van der Waals surface area contributed by atoms with Crippen LogP contribution in [0.15, 0.2) is 24.8 Å². The van der Waals surface area contributed by atoms with E-state index < -0.39 is 0 Å². The molecule has 0 N–H and O–H groups in total. The molecule has 0 aromatic heterocycles. The first kappa shape index (κ1) is 13.9. The zero-order chi connectivity index (χ0) is 12.8. The van der Waals surface area contributed by atoms with Gasteiger partial charge in [0.25, 0.3) is 0 Å². The molecule has 2 fully saturated rings. The van der Waals surface area contributed by atoms with E-state index in [0.29, 0.717) is 12.2 Å². The molecular weight excluding hydrogens is 220 g/mol. The number of hydrogen-bond donors (Lipinski definition) is 0. The molecule has 2 unspecified atom stereocenters. The molecule has 1 heterocycles. The Kier molecular flexibility index (Phi) is 5.49. The summed E-state index contributed by atoms with van der Waals surface area (Å²) in [7, 11) is 0. The van der Waals surface area contributed by atoms with Crippen LogP contribution in [0.3, 0.4) is 0 Å². The van der Waals surface area contributed by atoms with E-state index in [9.17, 15) is 0 Å². The molecule has 1 nitrogen and oxygen atoms in total. The average Bonchev–Trinajstić information content (AvgIpc) is 2.85. The lowest BCUT2D eigenvalue weighted by Gasteiger charge is -2.24. The third-order valence-corrected chi connectivity index (χ3v) is 4.50. The van der Waals surface area contributed by atoms with Gasteiger partial charge in [0, 0.05) is 0 Å². The molecule has 2 rings (SSSR count). The molecule has 0 radical (unpaired) electrons. The molecule has 1 aliphatic carbocycles. The Balaban J connectivity index is 1.70. The van der Waals surface area contributed by atoms with E-state index in [1.54, 1.807) is 0 Å². The van der Waals surface area contributed by atoms with E-state index in [-0.39, 0.29) is 0 Å². The fourth-order valence-electron chi connectivity index (χ4n) is 3.26. The van der Waals surface area contributed by atoms with Crippen LogP contribution in [-0.4, -0.2) is 12.2 Å². The molecule has 0 aromatic carbocycles. The van der Waals surface area contributed by atoms with Gasteiger partial charge in [-0.05, 0) is 56.8 Å². The van der Waals surface area contributed by atoms with Gasteiger partial charge in [0.1, 0.15) is 0 Å². The van der Waals surface area contributed by atoms with Crippen molar-refractivity contribution in [3.63, 3.8) is 0 Å². The van der Waals surface area contributed by atoms with E-state index >= 15 is 0 Å². The highest BCUT2D eigenvalue weighted by atomic mass is 16.5. The minimum Gasteiger partial charge on any atom is -0.371 e. The van der Waals surface area contributed by atoms with Crippen molar-refractivity contribution in [3.05, 3.63) is 24.8 Å². The Morgan fingerprint density at radius 3 is 2.39 bits per heavy atom. The van der Waals surface area contributed by atoms with Gasteiger partial charge in [-0.15, -0.1) is 6.58 Å². The van der Waals surface area contributed by atoms with Gasteiger partial charge in [-0.25, -0.2) is 0 Å². The Bertz CT molecular complexity index is 273. The van der Waals surface area contributed by atoms with Crippen molar-refractivity contribution in [2.45, 2.75) is 70.5 Å². The van der Waals surface area contributed by atoms with Crippen molar-refractivity contribution in [1.82, 2.24) is 0 Å². The minimum atomic E-state index is 0.402. The smallest absolute Gasteiger partial charge is 0.0760 e. The summed E-state index contributed by atoms with van der Waals surface area (Å²) in [5, 5.41) is 0. The van der Waals surface area contributed by atoms with Crippen molar-refractivity contribution >= 4 is 0 Å². The fraction of sp³-hybridized carbons (Fsp3) is 0.765. The highest BCUT2D eigenvalue weighted by Gasteiger charge is 2.23. The maximum atomic E-state index is 6.03. The van der Waals surface area contributed by atoms with Gasteiger partial charge < -0.3 is 4.74 Å². The molecule has 102 valence electrons. The van der Waals surface area contributed by atoms with E-state index in [1.165, 1.54) is 51.4 Å². The van der Waals surface area contributed by atoms with Crippen molar-refractivity contribution in [3.8, 4) is 0 Å². The van der Waals surface area contributed by atoms with Gasteiger partial charge in [-0.3, -0.25) is 0 Å². The molecule has 1 aliphatic heterocycles. The molecule has 0 aromatic rings. The summed E-state index contributed by atoms with van der Waals surface area (Å²) in [6.45, 7) is 6.15. The lowest BCUT2D eigenvalue weighted by Crippen LogP contribution is -2.12. The first-order chi connectivity index (χ1) is 8.81. The molecule has 2 aliphatic rings. The highest BCUT2D eigenvalue weighted by molar-refractivity contribution is 4.99. The lowest BCUT2D eigenvalue weighted by molar-refractivity contribution is 0.0649. The molecule has 1 saturated heterocycles. The normalized spacial score (nSPS) is 37.2. The number of allylic oxidation sites excluding steroid dienone is 2. The number of rotatable bonds is 5. The van der Waals surface area contributed by atoms with Gasteiger partial charge in [-0.2, -0.15) is 0 Å². The monoisotopic (exact) mass is 248 g/mol. The van der Waals surface area contributed by atoms with Crippen LogP contribution in [-0.2, 0) is 4.74 Å². The van der Waals surface area contributed by atoms with Crippen LogP contribution in [0.4, 0.5) is 0 Å². The molecule has 0 amide bonds. The molecule has 0 bridgehead atoms. The zero-order valence-electron chi connectivity index (χ0n) is 11.8. The first-order valence-electron chi connectivity index (χ1n) is 7.78. The maximum absolute atomic E-state index is 6.03. The molecule has 18 heavy (non-hydrogen) atoms. The summed E-state index contributed by atoms with van der Waals surface area (Å²) >= 11 is 0. The van der Waals surface area contributed by atoms with Crippen LogP contribution in [0.1, 0.15) is 58.3 Å². The summed E-state index contributed by atoms with van der Waals surface area (Å²) in [5.74, 6) is 1.56. The second-order valence-corrected chi connectivity index (χ2v) is 5.96. The minimum absolute atomic E-state index is 0.402. The predicted octanol–water partition coefficient (Wildman–Crippen LogP) is 4.88. The molecule has 2 atom stereocenters. The predicted molar refractivity (Wildman–Crippen MR) is 77.6 cm³/mol. The van der Waals surface area contributed by atoms with Gasteiger partial charge in [0.2, 0.25) is 0 Å². The van der Waals surface area contributed by atoms with Crippen molar-refractivity contribution in [2.24, 2.45) is 11.8 Å². The Morgan fingerprint density at radius 2 is 1.72 bits per heavy atom. The van der Waals surface area contributed by atoms with E-state index in [4.69, 9.17) is 4.74 Å². The standard InChI is InChI=1S/C17H28O/c1-3-5-16-12-13-17(18-16)11-10-15-8-6-14(4-2)7-9-15/h4,10-11,14-17H,2-3,5-9,12-13H2,1H3/b11-10+. The lowest BCUT2D eigenvalue weighted by atomic mass is 9.82. The van der Waals surface area contributed by atoms with E-state index in [1.807, 2.05) is 0 Å². The largest absolute Gasteiger partial charge is 0.371 e. The average molecular weight is 248 g/mol. The van der Waals surface area contributed by atoms with E-state index in [2.05, 4.69) is 31.7 Å². The summed E-state index contributed by atoms with van der Waals surface area (Å²) in [4.78, 5) is 0. The molecule has 1 saturated carbocycles. The van der Waals surface area contributed by atoms with Gasteiger partial charge in [0.15, 0.2) is 0 Å². The van der Waals surface area contributed by atoms with Crippen LogP contribution in [0, 0.1) is 11.8 Å². The molecule has 0 spiro atoms. The molecule has 1 heteroatoms. The SMILES string of the molecule is C=CC1CCC(/C=C/C2CCC(CCC)O2)CC1. The number of hydrogen-bond acceptors (Lipinski definition) is 1. The summed E-state index contributed by atoms with van der Waals surface area (Å²) in [5.41, 5.74) is 0. The van der Waals surface area contributed by atoms with Crippen molar-refractivity contribution < 1.29 is 4.74 Å². The summed E-state index contributed by atoms with van der Waals surface area (Å²) in [6, 6.07) is 0. The van der Waals surface area contributed by atoms with Gasteiger partial charge >= 0.3 is 0 Å². The van der Waals surface area contributed by atoms with E-state index in [0.717, 1.165) is 11.8 Å². The summed E-state index contributed by atoms with van der Waals surface area (Å²) < 4.78 is 6.03. The Morgan fingerprint density at radius 1 is 1.00 bits per heavy atom. The van der Waals surface area contributed by atoms with Crippen LogP contribution >= 0.6 is 0 Å². The third kappa shape index (κ3) is 3.98. The topological polar surface area (TPSA) is 9.23 Å². The second kappa shape index (κ2) is 7.13. The fourth-order valence-corrected chi connectivity index (χ4v) is 3.26. The highest BCUT2D eigenvalue weighted by Crippen LogP contribution is 2.31. The van der Waals surface area contributed by atoms with Gasteiger partial charge in [0.05, 0.1) is 12.2 Å².